The minimum Gasteiger partial charge on any atom is -0.508 e. The first-order chi connectivity index (χ1) is 43.7. The van der Waals surface area contributed by atoms with Crippen LogP contribution >= 0.6 is 12.0 Å². The van der Waals surface area contributed by atoms with Crippen molar-refractivity contribution in [2.24, 2.45) is 0 Å². The van der Waals surface area contributed by atoms with E-state index in [-0.39, 0.29) is 17.2 Å². The van der Waals surface area contributed by atoms with Gasteiger partial charge in [0.25, 0.3) is 0 Å². The number of nitrogens with zero attached hydrogens (tertiary/aromatic N) is 6. The zero-order valence-electron chi connectivity index (χ0n) is 48.4. The van der Waals surface area contributed by atoms with E-state index in [9.17, 15) is 19.5 Å². The molecule has 1 aliphatic heterocycles. The molecule has 1 atom stereocenters. The summed E-state index contributed by atoms with van der Waals surface area (Å²) in [7, 11) is 0. The average Bonchev–Trinajstić information content (AvgIpc) is 1.36. The van der Waals surface area contributed by atoms with Gasteiger partial charge in [-0.2, -0.15) is 0 Å². The van der Waals surface area contributed by atoms with E-state index in [0.29, 0.717) is 70.8 Å². The SMILES string of the molecule is O=S1CCCCO1.OSCCCCOc1ccc(-c2nc(-c3ccc(-c4ccccc4)cc3)nc(-c3ccc(-c4ccccc4)cc3)n2)c(O)c1.Oc1ccc(-c2nc(-c3ccc(-c4ccccc4)cc3)nc(-c3ccc(-c4ccccc4)cc3)n2)c(O)c1. The second-order valence-corrected chi connectivity index (χ2v) is 22.6. The number of rotatable bonds is 16. The number of ether oxygens (including phenoxy) is 1. The number of unbranched alkanes of at least 4 members (excludes halogenated alkanes) is 1. The van der Waals surface area contributed by atoms with Crippen LogP contribution in [0, 0.1) is 0 Å². The van der Waals surface area contributed by atoms with Crippen LogP contribution in [0.15, 0.2) is 255 Å². The van der Waals surface area contributed by atoms with Gasteiger partial charge in [0, 0.05) is 45.9 Å². The van der Waals surface area contributed by atoms with Crippen LogP contribution in [-0.4, -0.2) is 78.7 Å². The largest absolute Gasteiger partial charge is 0.508 e. The number of aromatic hydroxyl groups is 3. The van der Waals surface area contributed by atoms with Gasteiger partial charge in [-0.3, -0.25) is 4.18 Å². The summed E-state index contributed by atoms with van der Waals surface area (Å²) in [4.78, 5) is 28.7. The molecule has 1 aliphatic rings. The van der Waals surface area contributed by atoms with E-state index in [0.717, 1.165) is 110 Å². The molecule has 0 bridgehead atoms. The molecule has 0 spiro atoms. The molecule has 0 amide bonds. The summed E-state index contributed by atoms with van der Waals surface area (Å²) in [6, 6.07) is 82.7. The summed E-state index contributed by atoms with van der Waals surface area (Å²) >= 11 is -0.107. The lowest BCUT2D eigenvalue weighted by Gasteiger charge is -2.12. The Kier molecular flexibility index (Phi) is 20.4. The van der Waals surface area contributed by atoms with Crippen molar-refractivity contribution in [2.75, 3.05) is 24.7 Å². The van der Waals surface area contributed by atoms with E-state index in [1.165, 1.54) is 12.1 Å². The molecule has 0 saturated carbocycles. The summed E-state index contributed by atoms with van der Waals surface area (Å²) in [6.07, 6.45) is 3.79. The lowest BCUT2D eigenvalue weighted by molar-refractivity contribution is 0.308. The first-order valence-corrected chi connectivity index (χ1v) is 31.3. The molecule has 12 aromatic rings. The topological polar surface area (TPSA) is 194 Å². The van der Waals surface area contributed by atoms with E-state index < -0.39 is 11.1 Å². The number of aromatic nitrogens is 6. The van der Waals surface area contributed by atoms with Gasteiger partial charge in [-0.05, 0) is 106 Å². The third-order valence-electron chi connectivity index (χ3n) is 14.5. The first kappa shape index (κ1) is 60.5. The Balaban J connectivity index is 0.000000166. The van der Waals surface area contributed by atoms with Crippen LogP contribution in [0.2, 0.25) is 0 Å². The maximum atomic E-state index is 11.0. The minimum atomic E-state index is -0.940. The molecule has 13 rings (SSSR count). The van der Waals surface area contributed by atoms with Crippen molar-refractivity contribution in [1.29, 1.82) is 0 Å². The predicted octanol–water partition coefficient (Wildman–Crippen LogP) is 17.4. The number of hydrogen-bond acceptors (Lipinski definition) is 14. The predicted molar refractivity (Wildman–Crippen MR) is 357 cm³/mol. The van der Waals surface area contributed by atoms with Gasteiger partial charge in [0.2, 0.25) is 0 Å². The molecule has 4 N–H and O–H groups in total. The summed E-state index contributed by atoms with van der Waals surface area (Å²) in [5.74, 6) is 4.54. The van der Waals surface area contributed by atoms with Gasteiger partial charge in [0.05, 0.1) is 24.3 Å². The number of hydrogen-bond donors (Lipinski definition) is 4. The molecule has 442 valence electrons. The molecule has 2 aromatic heterocycles. The molecular formula is C74H62N6O7S2. The molecule has 0 radical (unpaired) electrons. The fraction of sp³-hybridized carbons (Fsp3) is 0.108. The molecule has 10 aromatic carbocycles. The Labute approximate surface area is 524 Å². The fourth-order valence-electron chi connectivity index (χ4n) is 9.77. The Morgan fingerprint density at radius 1 is 0.382 bits per heavy atom. The maximum Gasteiger partial charge on any atom is 0.167 e. The van der Waals surface area contributed by atoms with Gasteiger partial charge in [-0.25, -0.2) is 34.1 Å². The van der Waals surface area contributed by atoms with E-state index in [2.05, 4.69) is 72.8 Å². The molecule has 1 fully saturated rings. The lowest BCUT2D eigenvalue weighted by atomic mass is 10.0. The fourth-order valence-corrected chi connectivity index (χ4v) is 11.0. The zero-order chi connectivity index (χ0) is 61.2. The molecule has 13 nitrogen and oxygen atoms in total. The average molecular weight is 1210 g/mol. The van der Waals surface area contributed by atoms with E-state index in [1.54, 1.807) is 18.2 Å². The van der Waals surface area contributed by atoms with Gasteiger partial charge < -0.3 is 24.6 Å². The van der Waals surface area contributed by atoms with E-state index >= 15 is 0 Å². The first-order valence-electron chi connectivity index (χ1n) is 29.1. The molecule has 15 heteroatoms. The van der Waals surface area contributed by atoms with Crippen molar-refractivity contribution in [3.05, 3.63) is 255 Å². The number of phenolic OH excluding ortho intramolecular Hbond substituents is 3. The summed E-state index contributed by atoms with van der Waals surface area (Å²) in [6.45, 7) is 1.18. The van der Waals surface area contributed by atoms with Crippen molar-refractivity contribution in [3.63, 3.8) is 0 Å². The van der Waals surface area contributed by atoms with Gasteiger partial charge in [-0.1, -0.05) is 218 Å². The Bertz CT molecular complexity index is 4060. The third kappa shape index (κ3) is 16.1. The zero-order valence-corrected chi connectivity index (χ0v) is 50.1. The monoisotopic (exact) mass is 1210 g/mol. The molecule has 0 aliphatic carbocycles. The number of phenols is 3. The van der Waals surface area contributed by atoms with Crippen molar-refractivity contribution < 1.29 is 33.0 Å². The van der Waals surface area contributed by atoms with Crippen LogP contribution in [0.25, 0.3) is 113 Å². The highest BCUT2D eigenvalue weighted by Crippen LogP contribution is 2.36. The van der Waals surface area contributed by atoms with Crippen molar-refractivity contribution in [3.8, 4) is 136 Å². The van der Waals surface area contributed by atoms with Crippen LogP contribution in [0.1, 0.15) is 25.7 Å². The van der Waals surface area contributed by atoms with Gasteiger partial charge in [0.1, 0.15) is 23.0 Å². The van der Waals surface area contributed by atoms with Crippen molar-refractivity contribution in [1.82, 2.24) is 29.9 Å². The van der Waals surface area contributed by atoms with Crippen LogP contribution in [0.5, 0.6) is 23.0 Å². The summed E-state index contributed by atoms with van der Waals surface area (Å²) in [5, 5.41) is 31.3. The molecule has 1 saturated heterocycles. The maximum absolute atomic E-state index is 11.0. The molecule has 89 heavy (non-hydrogen) atoms. The quantitative estimate of drug-likeness (QED) is 0.0527. The second-order valence-electron chi connectivity index (χ2n) is 20.7. The third-order valence-corrected chi connectivity index (χ3v) is 16.0. The van der Waals surface area contributed by atoms with Crippen molar-refractivity contribution >= 4 is 23.1 Å². The van der Waals surface area contributed by atoms with Crippen LogP contribution in [0.4, 0.5) is 0 Å². The Morgan fingerprint density at radius 2 is 0.719 bits per heavy atom. The van der Waals surface area contributed by atoms with Gasteiger partial charge >= 0.3 is 0 Å². The second kappa shape index (κ2) is 30.0. The van der Waals surface area contributed by atoms with Crippen LogP contribution < -0.4 is 4.74 Å². The smallest absolute Gasteiger partial charge is 0.167 e. The minimum absolute atomic E-state index is 0.0235. The van der Waals surface area contributed by atoms with Gasteiger partial charge in [-0.15, -0.1) is 0 Å². The molecular weight excluding hydrogens is 1150 g/mol. The van der Waals surface area contributed by atoms with E-state index in [4.69, 9.17) is 43.4 Å². The van der Waals surface area contributed by atoms with E-state index in [1.807, 2.05) is 152 Å². The van der Waals surface area contributed by atoms with Crippen molar-refractivity contribution in [2.45, 2.75) is 25.7 Å². The highest BCUT2D eigenvalue weighted by molar-refractivity contribution is 7.93. The highest BCUT2D eigenvalue weighted by Gasteiger charge is 2.18. The van der Waals surface area contributed by atoms with Crippen LogP contribution in [-0.2, 0) is 15.3 Å². The Hall–Kier alpha value is -10.2. The molecule has 3 heterocycles. The Morgan fingerprint density at radius 3 is 1.03 bits per heavy atom. The standard InChI is InChI=1S/C37H31N3O3S.C33H23N3O2.C4H8O2S/c41-34-25-32(43-23-7-8-24-44-42)21-22-33(34)37-39-35(30-17-13-28(14-18-30)26-9-3-1-4-10-26)38-36(40-37)31-19-15-29(16-20-31)27-11-5-2-6-12-27;37-28-19-20-29(30(38)21-28)33-35-31(26-15-11-24(12-16-26)22-7-3-1-4-8-22)34-32(36-33)27-17-13-25(14-18-27)23-9-5-2-6-10-23;5-7-4-2-1-3-6-7/h1-6,9-22,25,41-42H,7-8,23-24H2;1-21,37-38H;1-4H2. The lowest BCUT2D eigenvalue weighted by Crippen LogP contribution is -2.10. The normalized spacial score (nSPS) is 12.6. The summed E-state index contributed by atoms with van der Waals surface area (Å²) in [5.41, 5.74) is 13.2. The van der Waals surface area contributed by atoms with Gasteiger partial charge in [0.15, 0.2) is 46.0 Å². The molecule has 1 unspecified atom stereocenters. The highest BCUT2D eigenvalue weighted by atomic mass is 32.2. The summed E-state index contributed by atoms with van der Waals surface area (Å²) < 4.78 is 29.8. The van der Waals surface area contributed by atoms with Crippen LogP contribution in [0.3, 0.4) is 0 Å². The number of benzene rings is 10.